The number of imidazole rings is 1. The molecular formula is C21H24FN3O5S. The quantitative estimate of drug-likeness (QED) is 0.467. The molecule has 0 bridgehead atoms. The Kier molecular flexibility index (Phi) is 6.91. The minimum Gasteiger partial charge on any atom is -0.482 e. The van der Waals surface area contributed by atoms with E-state index in [9.17, 15) is 17.6 Å². The number of aryl methyl sites for hydroxylation is 1. The van der Waals surface area contributed by atoms with Gasteiger partial charge in [-0.15, -0.1) is 0 Å². The number of carbonyl (C=O) groups excluding carboxylic acids is 1. The molecular weight excluding hydrogens is 425 g/mol. The first-order chi connectivity index (χ1) is 14.7. The number of ether oxygens (including phenoxy) is 2. The van der Waals surface area contributed by atoms with Crippen molar-refractivity contribution in [3.8, 4) is 5.75 Å². The second kappa shape index (κ2) is 9.44. The third-order valence-electron chi connectivity index (χ3n) is 4.56. The number of sulfonamides is 1. The molecule has 0 spiro atoms. The van der Waals surface area contributed by atoms with Crippen LogP contribution in [0.25, 0.3) is 11.0 Å². The molecule has 0 N–H and O–H groups in total. The molecule has 0 aliphatic rings. The van der Waals surface area contributed by atoms with Gasteiger partial charge in [0.15, 0.2) is 6.61 Å². The molecule has 0 saturated carbocycles. The Morgan fingerprint density at radius 3 is 2.52 bits per heavy atom. The van der Waals surface area contributed by atoms with Crippen molar-refractivity contribution in [2.24, 2.45) is 0 Å². The van der Waals surface area contributed by atoms with Crippen LogP contribution in [-0.4, -0.2) is 48.9 Å². The van der Waals surface area contributed by atoms with Crippen molar-refractivity contribution in [3.05, 3.63) is 54.1 Å². The summed E-state index contributed by atoms with van der Waals surface area (Å²) in [6.07, 6.45) is 0.817. The molecule has 1 aromatic heterocycles. The summed E-state index contributed by atoms with van der Waals surface area (Å²) in [7, 11) is -0.655. The van der Waals surface area contributed by atoms with E-state index in [0.717, 1.165) is 16.2 Å². The Balaban J connectivity index is 1.75. The van der Waals surface area contributed by atoms with Crippen molar-refractivity contribution in [1.29, 1.82) is 0 Å². The lowest BCUT2D eigenvalue weighted by Crippen LogP contribution is -2.22. The molecule has 8 nitrogen and oxygen atoms in total. The van der Waals surface area contributed by atoms with Crippen LogP contribution in [0.5, 0.6) is 5.75 Å². The van der Waals surface area contributed by atoms with Gasteiger partial charge in [-0.25, -0.2) is 26.9 Å². The Labute approximate surface area is 180 Å². The smallest absolute Gasteiger partial charge is 0.344 e. The lowest BCUT2D eigenvalue weighted by Gasteiger charge is -2.11. The van der Waals surface area contributed by atoms with Crippen molar-refractivity contribution in [2.45, 2.75) is 31.4 Å². The zero-order valence-corrected chi connectivity index (χ0v) is 18.4. The maximum atomic E-state index is 12.9. The highest BCUT2D eigenvalue weighted by Gasteiger charge is 2.20. The van der Waals surface area contributed by atoms with Crippen LogP contribution >= 0.6 is 0 Å². The fraction of sp³-hybridized carbons (Fsp3) is 0.333. The average molecular weight is 450 g/mol. The number of rotatable bonds is 9. The van der Waals surface area contributed by atoms with Gasteiger partial charge in [-0.2, -0.15) is 0 Å². The summed E-state index contributed by atoms with van der Waals surface area (Å²) in [5.41, 5.74) is 1.26. The molecule has 0 aliphatic heterocycles. The topological polar surface area (TPSA) is 90.7 Å². The van der Waals surface area contributed by atoms with Crippen LogP contribution in [0.1, 0.15) is 19.2 Å². The molecule has 0 radical (unpaired) electrons. The molecule has 0 fully saturated rings. The third kappa shape index (κ3) is 5.20. The van der Waals surface area contributed by atoms with Crippen LogP contribution in [0.4, 0.5) is 4.39 Å². The number of aromatic nitrogens is 2. The molecule has 3 aromatic rings. The molecule has 1 heterocycles. The van der Waals surface area contributed by atoms with Gasteiger partial charge in [0.25, 0.3) is 0 Å². The molecule has 166 valence electrons. The number of carbonyl (C=O) groups is 1. The predicted octanol–water partition coefficient (Wildman–Crippen LogP) is 2.96. The third-order valence-corrected chi connectivity index (χ3v) is 6.37. The van der Waals surface area contributed by atoms with Crippen LogP contribution in [0.15, 0.2) is 47.4 Å². The van der Waals surface area contributed by atoms with Crippen molar-refractivity contribution < 1.29 is 27.1 Å². The fourth-order valence-corrected chi connectivity index (χ4v) is 3.90. The summed E-state index contributed by atoms with van der Waals surface area (Å²) in [5, 5.41) is 0. The molecule has 2 aromatic carbocycles. The first kappa shape index (κ1) is 22.7. The van der Waals surface area contributed by atoms with E-state index in [1.54, 1.807) is 6.07 Å². The summed E-state index contributed by atoms with van der Waals surface area (Å²) in [6.45, 7) is 2.22. The van der Waals surface area contributed by atoms with E-state index in [4.69, 9.17) is 9.47 Å². The van der Waals surface area contributed by atoms with Gasteiger partial charge >= 0.3 is 5.97 Å². The SMILES string of the molecule is CCCn1c(COC(=O)COc2ccc(F)cc2)nc2cc(S(=O)(=O)N(C)C)ccc21. The molecule has 3 rings (SSSR count). The highest BCUT2D eigenvalue weighted by molar-refractivity contribution is 7.89. The van der Waals surface area contributed by atoms with Crippen molar-refractivity contribution in [1.82, 2.24) is 13.9 Å². The average Bonchev–Trinajstić information content (AvgIpc) is 3.08. The molecule has 0 amide bonds. The first-order valence-electron chi connectivity index (χ1n) is 9.68. The predicted molar refractivity (Wildman–Crippen MR) is 113 cm³/mol. The van der Waals surface area contributed by atoms with Crippen LogP contribution in [0, 0.1) is 5.82 Å². The Morgan fingerprint density at radius 2 is 1.87 bits per heavy atom. The van der Waals surface area contributed by atoms with Gasteiger partial charge in [-0.1, -0.05) is 6.92 Å². The summed E-state index contributed by atoms with van der Waals surface area (Å²) < 4.78 is 51.3. The van der Waals surface area contributed by atoms with Gasteiger partial charge < -0.3 is 14.0 Å². The van der Waals surface area contributed by atoms with E-state index < -0.39 is 21.8 Å². The summed E-state index contributed by atoms with van der Waals surface area (Å²) in [4.78, 5) is 16.7. The normalized spacial score (nSPS) is 11.8. The zero-order chi connectivity index (χ0) is 22.6. The highest BCUT2D eigenvalue weighted by atomic mass is 32.2. The van der Waals surface area contributed by atoms with E-state index in [1.165, 1.54) is 50.5 Å². The van der Waals surface area contributed by atoms with E-state index in [0.29, 0.717) is 23.6 Å². The van der Waals surface area contributed by atoms with Gasteiger partial charge in [0, 0.05) is 20.6 Å². The van der Waals surface area contributed by atoms with Gasteiger partial charge in [0.05, 0.1) is 15.9 Å². The Hall–Kier alpha value is -2.98. The monoisotopic (exact) mass is 449 g/mol. The van der Waals surface area contributed by atoms with E-state index in [-0.39, 0.29) is 18.1 Å². The number of benzene rings is 2. The Bertz CT molecular complexity index is 1170. The second-order valence-corrected chi connectivity index (χ2v) is 9.17. The maximum Gasteiger partial charge on any atom is 0.344 e. The molecule has 0 unspecified atom stereocenters. The van der Waals surface area contributed by atoms with Crippen molar-refractivity contribution >= 4 is 27.0 Å². The number of halogens is 1. The molecule has 31 heavy (non-hydrogen) atoms. The van der Waals surface area contributed by atoms with Gasteiger partial charge in [-0.05, 0) is 48.9 Å². The fourth-order valence-electron chi connectivity index (χ4n) is 2.97. The van der Waals surface area contributed by atoms with E-state index >= 15 is 0 Å². The van der Waals surface area contributed by atoms with E-state index in [1.807, 2.05) is 11.5 Å². The van der Waals surface area contributed by atoms with Gasteiger partial charge in [0.2, 0.25) is 10.0 Å². The number of hydrogen-bond acceptors (Lipinski definition) is 6. The van der Waals surface area contributed by atoms with Gasteiger partial charge in [0.1, 0.15) is 24.0 Å². The van der Waals surface area contributed by atoms with Gasteiger partial charge in [-0.3, -0.25) is 0 Å². The standard InChI is InChI=1S/C21H24FN3O5S/c1-4-11-25-19-10-9-17(31(27,28)24(2)3)12-18(19)23-20(25)13-30-21(26)14-29-16-7-5-15(22)6-8-16/h5-10,12H,4,11,13-14H2,1-3H3. The van der Waals surface area contributed by atoms with Crippen LogP contribution in [0.3, 0.4) is 0 Å². The molecule has 10 heteroatoms. The second-order valence-electron chi connectivity index (χ2n) is 7.02. The van der Waals surface area contributed by atoms with Crippen molar-refractivity contribution in [3.63, 3.8) is 0 Å². The highest BCUT2D eigenvalue weighted by Crippen LogP contribution is 2.23. The summed E-state index contributed by atoms with van der Waals surface area (Å²) in [5.74, 6) is -0.140. The van der Waals surface area contributed by atoms with Crippen LogP contribution in [0.2, 0.25) is 0 Å². The van der Waals surface area contributed by atoms with Crippen molar-refractivity contribution in [2.75, 3.05) is 20.7 Å². The number of esters is 1. The summed E-state index contributed by atoms with van der Waals surface area (Å²) >= 11 is 0. The number of hydrogen-bond donors (Lipinski definition) is 0. The lowest BCUT2D eigenvalue weighted by atomic mass is 10.3. The number of fused-ring (bicyclic) bond motifs is 1. The molecule has 0 saturated heterocycles. The summed E-state index contributed by atoms with van der Waals surface area (Å²) in [6, 6.07) is 10.1. The minimum atomic E-state index is -3.59. The Morgan fingerprint density at radius 1 is 1.16 bits per heavy atom. The first-order valence-corrected chi connectivity index (χ1v) is 11.1. The lowest BCUT2D eigenvalue weighted by molar-refractivity contribution is -0.147. The zero-order valence-electron chi connectivity index (χ0n) is 17.5. The number of nitrogens with zero attached hydrogens (tertiary/aromatic N) is 3. The van der Waals surface area contributed by atoms with Crippen LogP contribution < -0.4 is 4.74 Å². The largest absolute Gasteiger partial charge is 0.482 e. The molecule has 0 atom stereocenters. The van der Waals surface area contributed by atoms with Crippen LogP contribution in [-0.2, 0) is 32.7 Å². The maximum absolute atomic E-state index is 12.9. The minimum absolute atomic E-state index is 0.0872. The molecule has 0 aliphatic carbocycles. The van der Waals surface area contributed by atoms with E-state index in [2.05, 4.69) is 4.98 Å².